The molecule has 2 fully saturated rings. The SMILES string of the molecule is COCCN1C(=O)N(Cc2cccc(OC)c2)C(=O)C12CCN(Cc1cccc(C)n1)CC2. The summed E-state index contributed by atoms with van der Waals surface area (Å²) in [5, 5.41) is 0. The van der Waals surface area contributed by atoms with Gasteiger partial charge in [0.15, 0.2) is 0 Å². The van der Waals surface area contributed by atoms with Gasteiger partial charge in [-0.3, -0.25) is 19.6 Å². The van der Waals surface area contributed by atoms with Gasteiger partial charge in [0.25, 0.3) is 5.91 Å². The van der Waals surface area contributed by atoms with Crippen LogP contribution in [0.5, 0.6) is 5.75 Å². The zero-order valence-electron chi connectivity index (χ0n) is 19.6. The first-order valence-corrected chi connectivity index (χ1v) is 11.4. The summed E-state index contributed by atoms with van der Waals surface area (Å²) in [5.41, 5.74) is 2.07. The van der Waals surface area contributed by atoms with E-state index in [1.807, 2.05) is 49.4 Å². The van der Waals surface area contributed by atoms with Crippen LogP contribution in [0, 0.1) is 6.92 Å². The fourth-order valence-electron chi connectivity index (χ4n) is 4.85. The van der Waals surface area contributed by atoms with Crippen LogP contribution in [-0.4, -0.2) is 77.6 Å². The van der Waals surface area contributed by atoms with Crippen LogP contribution in [0.2, 0.25) is 0 Å². The number of pyridine rings is 1. The van der Waals surface area contributed by atoms with Gasteiger partial charge in [-0.1, -0.05) is 18.2 Å². The van der Waals surface area contributed by atoms with Gasteiger partial charge in [0.05, 0.1) is 26.0 Å². The molecule has 1 aromatic heterocycles. The molecule has 176 valence electrons. The molecule has 2 saturated heterocycles. The summed E-state index contributed by atoms with van der Waals surface area (Å²) in [6.45, 7) is 5.21. The van der Waals surface area contributed by atoms with Crippen LogP contribution < -0.4 is 4.74 Å². The second-order valence-electron chi connectivity index (χ2n) is 8.75. The van der Waals surface area contributed by atoms with Crippen molar-refractivity contribution in [2.45, 2.75) is 38.4 Å². The van der Waals surface area contributed by atoms with Crippen LogP contribution in [0.25, 0.3) is 0 Å². The molecule has 8 nitrogen and oxygen atoms in total. The van der Waals surface area contributed by atoms with Crippen LogP contribution in [0.1, 0.15) is 29.8 Å². The molecule has 0 aliphatic carbocycles. The number of rotatable bonds is 8. The number of methoxy groups -OCH3 is 2. The average molecular weight is 453 g/mol. The summed E-state index contributed by atoms with van der Waals surface area (Å²) in [7, 11) is 3.22. The van der Waals surface area contributed by atoms with Gasteiger partial charge in [0.1, 0.15) is 11.3 Å². The van der Waals surface area contributed by atoms with E-state index in [0.29, 0.717) is 31.7 Å². The Morgan fingerprint density at radius 1 is 1.03 bits per heavy atom. The van der Waals surface area contributed by atoms with E-state index in [2.05, 4.69) is 9.88 Å². The van der Waals surface area contributed by atoms with E-state index in [1.165, 1.54) is 4.90 Å². The van der Waals surface area contributed by atoms with Crippen molar-refractivity contribution < 1.29 is 19.1 Å². The van der Waals surface area contributed by atoms with Gasteiger partial charge in [-0.15, -0.1) is 0 Å². The van der Waals surface area contributed by atoms with E-state index in [9.17, 15) is 9.59 Å². The number of likely N-dealkylation sites (tertiary alicyclic amines) is 1. The molecule has 0 bridgehead atoms. The molecule has 2 aliphatic rings. The van der Waals surface area contributed by atoms with Crippen molar-refractivity contribution >= 4 is 11.9 Å². The predicted molar refractivity (Wildman–Crippen MR) is 124 cm³/mol. The van der Waals surface area contributed by atoms with Gasteiger partial charge in [-0.05, 0) is 49.6 Å². The molecule has 4 rings (SSSR count). The zero-order chi connectivity index (χ0) is 23.4. The van der Waals surface area contributed by atoms with Crippen molar-refractivity contribution in [1.29, 1.82) is 0 Å². The number of carbonyl (C=O) groups is 2. The number of aryl methyl sites for hydroxylation is 1. The molecule has 33 heavy (non-hydrogen) atoms. The lowest BCUT2D eigenvalue weighted by molar-refractivity contribution is -0.136. The second-order valence-corrected chi connectivity index (χ2v) is 8.75. The van der Waals surface area contributed by atoms with E-state index in [1.54, 1.807) is 19.1 Å². The third-order valence-electron chi connectivity index (χ3n) is 6.63. The summed E-state index contributed by atoms with van der Waals surface area (Å²) in [6, 6.07) is 13.3. The lowest BCUT2D eigenvalue weighted by atomic mass is 9.85. The number of urea groups is 1. The Kier molecular flexibility index (Phi) is 6.95. The molecule has 2 aliphatic heterocycles. The fourth-order valence-corrected chi connectivity index (χ4v) is 4.85. The highest BCUT2D eigenvalue weighted by Crippen LogP contribution is 2.38. The summed E-state index contributed by atoms with van der Waals surface area (Å²) in [4.78, 5) is 37.1. The average Bonchev–Trinajstić information content (AvgIpc) is 3.00. The fraction of sp³-hybridized carbons (Fsp3) is 0.480. The number of hydrogen-bond donors (Lipinski definition) is 0. The first-order chi connectivity index (χ1) is 16.0. The molecule has 3 heterocycles. The number of ether oxygens (including phenoxy) is 2. The van der Waals surface area contributed by atoms with Crippen molar-refractivity contribution in [3.05, 3.63) is 59.4 Å². The maximum absolute atomic E-state index is 13.7. The molecule has 0 N–H and O–H groups in total. The summed E-state index contributed by atoms with van der Waals surface area (Å²) < 4.78 is 10.6. The molecule has 0 saturated carbocycles. The Bertz CT molecular complexity index is 1000. The normalized spacial score (nSPS) is 18.4. The molecule has 8 heteroatoms. The summed E-state index contributed by atoms with van der Waals surface area (Å²) >= 11 is 0. The monoisotopic (exact) mass is 452 g/mol. The molecule has 0 unspecified atom stereocenters. The van der Waals surface area contributed by atoms with Crippen LogP contribution in [0.15, 0.2) is 42.5 Å². The standard InChI is InChI=1S/C25H32N4O4/c1-19-6-4-8-21(26-19)18-27-12-10-25(11-13-27)23(30)28(24(31)29(25)14-15-32-2)17-20-7-5-9-22(16-20)33-3/h4-9,16H,10-15,17-18H2,1-3H3. The Morgan fingerprint density at radius 3 is 2.48 bits per heavy atom. The number of imide groups is 1. The van der Waals surface area contributed by atoms with Crippen LogP contribution in [-0.2, 0) is 22.6 Å². The minimum absolute atomic E-state index is 0.111. The molecule has 0 radical (unpaired) electrons. The van der Waals surface area contributed by atoms with Gasteiger partial charge >= 0.3 is 6.03 Å². The Hall–Kier alpha value is -2.97. The van der Waals surface area contributed by atoms with E-state index >= 15 is 0 Å². The summed E-state index contributed by atoms with van der Waals surface area (Å²) in [5.74, 6) is 0.593. The van der Waals surface area contributed by atoms with Gasteiger partial charge in [0, 0.05) is 39.0 Å². The number of piperidine rings is 1. The van der Waals surface area contributed by atoms with Crippen molar-refractivity contribution in [3.8, 4) is 5.75 Å². The third kappa shape index (κ3) is 4.72. The van der Waals surface area contributed by atoms with E-state index in [4.69, 9.17) is 9.47 Å². The van der Waals surface area contributed by atoms with Crippen molar-refractivity contribution in [2.24, 2.45) is 0 Å². The predicted octanol–water partition coefficient (Wildman–Crippen LogP) is 2.84. The van der Waals surface area contributed by atoms with Gasteiger partial charge < -0.3 is 14.4 Å². The third-order valence-corrected chi connectivity index (χ3v) is 6.63. The minimum Gasteiger partial charge on any atom is -0.497 e. The van der Waals surface area contributed by atoms with E-state index in [0.717, 1.165) is 36.6 Å². The number of benzene rings is 1. The molecule has 3 amide bonds. The molecular formula is C25H32N4O4. The first-order valence-electron chi connectivity index (χ1n) is 11.4. The molecule has 2 aromatic rings. The minimum atomic E-state index is -0.814. The van der Waals surface area contributed by atoms with Crippen LogP contribution in [0.4, 0.5) is 4.79 Å². The lowest BCUT2D eigenvalue weighted by Gasteiger charge is -2.42. The Balaban J connectivity index is 1.51. The second kappa shape index (κ2) is 9.89. The van der Waals surface area contributed by atoms with Gasteiger partial charge in [-0.2, -0.15) is 0 Å². The van der Waals surface area contributed by atoms with Crippen LogP contribution >= 0.6 is 0 Å². The largest absolute Gasteiger partial charge is 0.497 e. The molecule has 1 spiro atoms. The Morgan fingerprint density at radius 2 is 1.79 bits per heavy atom. The zero-order valence-corrected chi connectivity index (χ0v) is 19.6. The smallest absolute Gasteiger partial charge is 0.328 e. The molecular weight excluding hydrogens is 420 g/mol. The van der Waals surface area contributed by atoms with Gasteiger partial charge in [0.2, 0.25) is 0 Å². The topological polar surface area (TPSA) is 75.2 Å². The van der Waals surface area contributed by atoms with Crippen molar-refractivity contribution in [1.82, 2.24) is 19.7 Å². The van der Waals surface area contributed by atoms with Gasteiger partial charge in [-0.25, -0.2) is 4.79 Å². The first kappa shape index (κ1) is 23.2. The Labute approximate surface area is 195 Å². The maximum Gasteiger partial charge on any atom is 0.328 e. The molecule has 0 atom stereocenters. The van der Waals surface area contributed by atoms with E-state index < -0.39 is 5.54 Å². The van der Waals surface area contributed by atoms with Crippen LogP contribution in [0.3, 0.4) is 0 Å². The maximum atomic E-state index is 13.7. The quantitative estimate of drug-likeness (QED) is 0.574. The van der Waals surface area contributed by atoms with Crippen molar-refractivity contribution in [2.75, 3.05) is 40.5 Å². The number of nitrogens with zero attached hydrogens (tertiary/aromatic N) is 4. The number of amides is 3. The number of carbonyl (C=O) groups excluding carboxylic acids is 2. The highest BCUT2D eigenvalue weighted by atomic mass is 16.5. The number of aromatic nitrogens is 1. The number of hydrogen-bond acceptors (Lipinski definition) is 6. The van der Waals surface area contributed by atoms with E-state index in [-0.39, 0.29) is 18.5 Å². The lowest BCUT2D eigenvalue weighted by Crippen LogP contribution is -2.57. The summed E-state index contributed by atoms with van der Waals surface area (Å²) in [6.07, 6.45) is 1.20. The van der Waals surface area contributed by atoms with Crippen molar-refractivity contribution in [3.63, 3.8) is 0 Å². The highest BCUT2D eigenvalue weighted by Gasteiger charge is 2.57. The highest BCUT2D eigenvalue weighted by molar-refractivity contribution is 6.07. The molecule has 1 aromatic carbocycles.